The molecule has 0 aliphatic rings. The molecule has 33 heavy (non-hydrogen) atoms. The van der Waals surface area contributed by atoms with Crippen LogP contribution in [0.15, 0.2) is 30.3 Å². The standard InChI is InChI=1S/C27H38ClFN2O2/c1-7-9-23(8-2)31(17-22-11-13-26(33-6)20(5)19(22)4)18(3)14-15-30-27(32)21-10-12-25(29)24(28)16-21/h10-13,16,18,23H,7-9,14-15,17H2,1-6H3,(H,30,32). The number of rotatable bonds is 12. The van der Waals surface area contributed by atoms with Crippen molar-refractivity contribution in [3.8, 4) is 5.75 Å². The lowest BCUT2D eigenvalue weighted by Gasteiger charge is -2.37. The molecule has 4 nitrogen and oxygen atoms in total. The van der Waals surface area contributed by atoms with Gasteiger partial charge in [-0.3, -0.25) is 9.69 Å². The monoisotopic (exact) mass is 476 g/mol. The van der Waals surface area contributed by atoms with Gasteiger partial charge in [0.1, 0.15) is 11.6 Å². The summed E-state index contributed by atoms with van der Waals surface area (Å²) in [5, 5.41) is 2.91. The molecule has 2 unspecified atom stereocenters. The Morgan fingerprint density at radius 3 is 2.48 bits per heavy atom. The third-order valence-corrected chi connectivity index (χ3v) is 6.87. The van der Waals surface area contributed by atoms with Gasteiger partial charge in [0.2, 0.25) is 0 Å². The van der Waals surface area contributed by atoms with E-state index in [9.17, 15) is 9.18 Å². The molecular formula is C27H38ClFN2O2. The number of benzene rings is 2. The minimum Gasteiger partial charge on any atom is -0.496 e. The topological polar surface area (TPSA) is 41.6 Å². The Bertz CT molecular complexity index is 935. The predicted molar refractivity (Wildman–Crippen MR) is 135 cm³/mol. The summed E-state index contributed by atoms with van der Waals surface area (Å²) in [4.78, 5) is 15.0. The number of methoxy groups -OCH3 is 1. The van der Waals surface area contributed by atoms with Crippen molar-refractivity contribution >= 4 is 17.5 Å². The summed E-state index contributed by atoms with van der Waals surface area (Å²) >= 11 is 5.81. The highest BCUT2D eigenvalue weighted by atomic mass is 35.5. The number of halogens is 2. The van der Waals surface area contributed by atoms with Crippen molar-refractivity contribution in [3.05, 3.63) is 63.4 Å². The summed E-state index contributed by atoms with van der Waals surface area (Å²) in [5.41, 5.74) is 4.11. The second kappa shape index (κ2) is 13.0. The van der Waals surface area contributed by atoms with Crippen LogP contribution in [0.25, 0.3) is 0 Å². The summed E-state index contributed by atoms with van der Waals surface area (Å²) in [6, 6.07) is 9.01. The van der Waals surface area contributed by atoms with Crippen LogP contribution in [0.1, 0.15) is 73.5 Å². The molecule has 2 rings (SSSR count). The third kappa shape index (κ3) is 7.18. The smallest absolute Gasteiger partial charge is 0.251 e. The SMILES string of the molecule is CCCC(CC)N(Cc1ccc(OC)c(C)c1C)C(C)CCNC(=O)c1ccc(F)c(Cl)c1. The number of amides is 1. The normalized spacial score (nSPS) is 13.1. The Balaban J connectivity index is 2.10. The van der Waals surface area contributed by atoms with E-state index in [1.807, 2.05) is 0 Å². The van der Waals surface area contributed by atoms with Gasteiger partial charge in [0.15, 0.2) is 0 Å². The molecule has 2 aromatic rings. The first-order valence-electron chi connectivity index (χ1n) is 11.8. The average molecular weight is 477 g/mol. The zero-order valence-corrected chi connectivity index (χ0v) is 21.6. The van der Waals surface area contributed by atoms with Crippen LogP contribution in [0.3, 0.4) is 0 Å². The highest BCUT2D eigenvalue weighted by Crippen LogP contribution is 2.27. The molecule has 2 atom stereocenters. The zero-order chi connectivity index (χ0) is 24.5. The molecule has 0 aromatic heterocycles. The lowest BCUT2D eigenvalue weighted by molar-refractivity contribution is 0.0931. The largest absolute Gasteiger partial charge is 0.496 e. The van der Waals surface area contributed by atoms with Gasteiger partial charge in [0.05, 0.1) is 12.1 Å². The van der Waals surface area contributed by atoms with Crippen LogP contribution < -0.4 is 10.1 Å². The molecule has 1 amide bonds. The van der Waals surface area contributed by atoms with Crippen molar-refractivity contribution < 1.29 is 13.9 Å². The second-order valence-corrected chi connectivity index (χ2v) is 9.13. The van der Waals surface area contributed by atoms with Crippen LogP contribution in [0.2, 0.25) is 5.02 Å². The summed E-state index contributed by atoms with van der Waals surface area (Å²) in [6.07, 6.45) is 4.15. The molecule has 6 heteroatoms. The van der Waals surface area contributed by atoms with Crippen molar-refractivity contribution in [1.82, 2.24) is 10.2 Å². The van der Waals surface area contributed by atoms with Crippen LogP contribution in [0, 0.1) is 19.7 Å². The van der Waals surface area contributed by atoms with Crippen molar-refractivity contribution in [3.63, 3.8) is 0 Å². The highest BCUT2D eigenvalue weighted by molar-refractivity contribution is 6.31. The fraction of sp³-hybridized carbons (Fsp3) is 0.519. The molecule has 0 saturated carbocycles. The maximum absolute atomic E-state index is 13.4. The van der Waals surface area contributed by atoms with Crippen molar-refractivity contribution in [2.75, 3.05) is 13.7 Å². The van der Waals surface area contributed by atoms with Crippen LogP contribution >= 0.6 is 11.6 Å². The third-order valence-electron chi connectivity index (χ3n) is 6.58. The van der Waals surface area contributed by atoms with Gasteiger partial charge in [-0.25, -0.2) is 4.39 Å². The summed E-state index contributed by atoms with van der Waals surface area (Å²) in [5.74, 6) is 0.154. The van der Waals surface area contributed by atoms with Crippen molar-refractivity contribution in [2.24, 2.45) is 0 Å². The van der Waals surface area contributed by atoms with E-state index in [1.54, 1.807) is 7.11 Å². The molecule has 0 bridgehead atoms. The van der Waals surface area contributed by atoms with E-state index in [1.165, 1.54) is 34.9 Å². The van der Waals surface area contributed by atoms with Gasteiger partial charge in [0, 0.05) is 30.7 Å². The van der Waals surface area contributed by atoms with Crippen LogP contribution in [0.4, 0.5) is 4.39 Å². The van der Waals surface area contributed by atoms with Crippen molar-refractivity contribution in [1.29, 1.82) is 0 Å². The second-order valence-electron chi connectivity index (χ2n) is 8.72. The Labute approximate surface area is 203 Å². The fourth-order valence-corrected chi connectivity index (χ4v) is 4.50. The Morgan fingerprint density at radius 2 is 1.88 bits per heavy atom. The van der Waals surface area contributed by atoms with Gasteiger partial charge in [-0.1, -0.05) is 37.9 Å². The van der Waals surface area contributed by atoms with E-state index in [0.29, 0.717) is 18.2 Å². The van der Waals surface area contributed by atoms with Gasteiger partial charge < -0.3 is 10.1 Å². The molecule has 182 valence electrons. The number of hydrogen-bond donors (Lipinski definition) is 1. The van der Waals surface area contributed by atoms with Gasteiger partial charge in [-0.05, 0) is 81.0 Å². The molecule has 2 aromatic carbocycles. The first-order chi connectivity index (χ1) is 15.7. The van der Waals surface area contributed by atoms with Gasteiger partial charge in [-0.15, -0.1) is 0 Å². The molecule has 1 N–H and O–H groups in total. The molecule has 0 aliphatic heterocycles. The number of nitrogens with one attached hydrogen (secondary N) is 1. The Morgan fingerprint density at radius 1 is 1.15 bits per heavy atom. The maximum Gasteiger partial charge on any atom is 0.251 e. The van der Waals surface area contributed by atoms with Crippen LogP contribution in [-0.2, 0) is 6.54 Å². The van der Waals surface area contributed by atoms with Crippen LogP contribution in [-0.4, -0.2) is 36.5 Å². The maximum atomic E-state index is 13.4. The minimum absolute atomic E-state index is 0.0438. The number of ether oxygens (including phenoxy) is 1. The van der Waals surface area contributed by atoms with Crippen LogP contribution in [0.5, 0.6) is 5.75 Å². The van der Waals surface area contributed by atoms with Crippen molar-refractivity contribution in [2.45, 2.75) is 78.9 Å². The number of carbonyl (C=O) groups is 1. The fourth-order valence-electron chi connectivity index (χ4n) is 4.32. The van der Waals surface area contributed by atoms with E-state index in [4.69, 9.17) is 16.3 Å². The lowest BCUT2D eigenvalue weighted by Crippen LogP contribution is -2.42. The van der Waals surface area contributed by atoms with Gasteiger partial charge >= 0.3 is 0 Å². The van der Waals surface area contributed by atoms with E-state index in [-0.39, 0.29) is 17.0 Å². The van der Waals surface area contributed by atoms with E-state index in [0.717, 1.165) is 38.0 Å². The van der Waals surface area contributed by atoms with E-state index >= 15 is 0 Å². The Kier molecular flexibility index (Phi) is 10.6. The number of hydrogen-bond acceptors (Lipinski definition) is 3. The number of carbonyl (C=O) groups excluding carboxylic acids is 1. The average Bonchev–Trinajstić information content (AvgIpc) is 2.80. The first kappa shape index (κ1) is 27.1. The first-order valence-corrected chi connectivity index (χ1v) is 12.2. The summed E-state index contributed by atoms with van der Waals surface area (Å²) in [6.45, 7) is 12.4. The zero-order valence-electron chi connectivity index (χ0n) is 20.8. The summed E-state index contributed by atoms with van der Waals surface area (Å²) < 4.78 is 18.9. The number of nitrogens with zero attached hydrogens (tertiary/aromatic N) is 1. The molecular weight excluding hydrogens is 439 g/mol. The minimum atomic E-state index is -0.525. The molecule has 0 spiro atoms. The molecule has 0 heterocycles. The molecule has 0 saturated heterocycles. The Hall–Kier alpha value is -2.11. The lowest BCUT2D eigenvalue weighted by atomic mass is 9.98. The van der Waals surface area contributed by atoms with E-state index < -0.39 is 5.82 Å². The molecule has 0 fully saturated rings. The van der Waals surface area contributed by atoms with Gasteiger partial charge in [-0.2, -0.15) is 0 Å². The highest BCUT2D eigenvalue weighted by Gasteiger charge is 2.23. The molecule has 0 radical (unpaired) electrons. The van der Waals surface area contributed by atoms with Gasteiger partial charge in [0.25, 0.3) is 5.91 Å². The molecule has 0 aliphatic carbocycles. The quantitative estimate of drug-likeness (QED) is 0.371. The summed E-state index contributed by atoms with van der Waals surface area (Å²) in [7, 11) is 1.71. The predicted octanol–water partition coefficient (Wildman–Crippen LogP) is 6.69. The van der Waals surface area contributed by atoms with E-state index in [2.05, 4.69) is 57.0 Å².